The number of benzene rings is 1. The van der Waals surface area contributed by atoms with Crippen molar-refractivity contribution in [3.63, 3.8) is 0 Å². The van der Waals surface area contributed by atoms with E-state index in [4.69, 9.17) is 5.11 Å². The monoisotopic (exact) mass is 289 g/mol. The fraction of sp³-hybridized carbons (Fsp3) is 0.529. The smallest absolute Gasteiger partial charge is 0.335 e. The Kier molecular flexibility index (Phi) is 4.99. The van der Waals surface area contributed by atoms with Gasteiger partial charge in [-0.15, -0.1) is 0 Å². The molecule has 1 aliphatic heterocycles. The Morgan fingerprint density at radius 1 is 1.33 bits per heavy atom. The second-order valence-corrected chi connectivity index (χ2v) is 5.64. The molecule has 0 aliphatic carbocycles. The van der Waals surface area contributed by atoms with Crippen molar-refractivity contribution in [2.24, 2.45) is 5.92 Å². The third kappa shape index (κ3) is 3.26. The van der Waals surface area contributed by atoms with Crippen LogP contribution in [0.2, 0.25) is 0 Å². The summed E-state index contributed by atoms with van der Waals surface area (Å²) in [4.78, 5) is 25.5. The summed E-state index contributed by atoms with van der Waals surface area (Å²) in [7, 11) is 0. The Morgan fingerprint density at radius 3 is 2.71 bits per heavy atom. The number of fused-ring (bicyclic) bond motifs is 1. The van der Waals surface area contributed by atoms with Gasteiger partial charge in [0.05, 0.1) is 5.56 Å². The van der Waals surface area contributed by atoms with E-state index in [0.29, 0.717) is 12.1 Å². The van der Waals surface area contributed by atoms with Gasteiger partial charge in [-0.3, -0.25) is 4.79 Å². The van der Waals surface area contributed by atoms with Crippen LogP contribution in [0.4, 0.5) is 5.69 Å². The maximum absolute atomic E-state index is 12.7. The summed E-state index contributed by atoms with van der Waals surface area (Å²) >= 11 is 0. The van der Waals surface area contributed by atoms with Gasteiger partial charge in [0.2, 0.25) is 5.91 Å². The van der Waals surface area contributed by atoms with E-state index in [1.165, 1.54) is 0 Å². The van der Waals surface area contributed by atoms with E-state index in [1.807, 2.05) is 4.90 Å². The van der Waals surface area contributed by atoms with E-state index < -0.39 is 5.97 Å². The first kappa shape index (κ1) is 15.5. The Balaban J connectivity index is 2.18. The van der Waals surface area contributed by atoms with Gasteiger partial charge in [0, 0.05) is 18.2 Å². The number of nitrogens with zero attached hydrogens (tertiary/aromatic N) is 1. The Hall–Kier alpha value is -1.84. The van der Waals surface area contributed by atoms with Crippen molar-refractivity contribution in [3.8, 4) is 0 Å². The number of anilines is 1. The molecule has 114 valence electrons. The van der Waals surface area contributed by atoms with Gasteiger partial charge in [-0.05, 0) is 43.0 Å². The van der Waals surface area contributed by atoms with Gasteiger partial charge >= 0.3 is 5.97 Å². The average molecular weight is 289 g/mol. The number of amides is 1. The maximum Gasteiger partial charge on any atom is 0.335 e. The van der Waals surface area contributed by atoms with E-state index >= 15 is 0 Å². The van der Waals surface area contributed by atoms with Crippen LogP contribution in [0, 0.1) is 5.92 Å². The minimum atomic E-state index is -0.919. The summed E-state index contributed by atoms with van der Waals surface area (Å²) in [6.45, 7) is 4.86. The number of carboxylic acid groups (broad SMARTS) is 1. The largest absolute Gasteiger partial charge is 0.478 e. The van der Waals surface area contributed by atoms with Gasteiger partial charge < -0.3 is 10.0 Å². The minimum absolute atomic E-state index is 0.0788. The van der Waals surface area contributed by atoms with Crippen molar-refractivity contribution >= 4 is 17.6 Å². The van der Waals surface area contributed by atoms with Crippen molar-refractivity contribution in [1.29, 1.82) is 0 Å². The summed E-state index contributed by atoms with van der Waals surface area (Å²) < 4.78 is 0. The average Bonchev–Trinajstić information content (AvgIpc) is 2.90. The molecule has 0 aromatic heterocycles. The molecule has 0 bridgehead atoms. The molecule has 21 heavy (non-hydrogen) atoms. The molecule has 1 aromatic carbocycles. The molecule has 4 nitrogen and oxygen atoms in total. The van der Waals surface area contributed by atoms with Crippen LogP contribution in [-0.2, 0) is 11.2 Å². The van der Waals surface area contributed by atoms with Crippen LogP contribution in [0.5, 0.6) is 0 Å². The quantitative estimate of drug-likeness (QED) is 0.872. The molecule has 1 atom stereocenters. The normalized spacial score (nSPS) is 14.9. The van der Waals surface area contributed by atoms with Crippen molar-refractivity contribution in [3.05, 3.63) is 29.3 Å². The molecule has 1 unspecified atom stereocenters. The van der Waals surface area contributed by atoms with Crippen molar-refractivity contribution < 1.29 is 14.7 Å². The molecule has 0 spiro atoms. The first-order valence-corrected chi connectivity index (χ1v) is 7.76. The fourth-order valence-corrected chi connectivity index (χ4v) is 2.94. The number of rotatable bonds is 6. The summed E-state index contributed by atoms with van der Waals surface area (Å²) in [6.07, 6.45) is 4.71. The zero-order valence-corrected chi connectivity index (χ0v) is 12.8. The molecule has 0 radical (unpaired) electrons. The molecule has 2 rings (SSSR count). The highest BCUT2D eigenvalue weighted by Gasteiger charge is 2.29. The van der Waals surface area contributed by atoms with E-state index in [0.717, 1.165) is 43.4 Å². The van der Waals surface area contributed by atoms with Gasteiger partial charge in [-0.25, -0.2) is 4.79 Å². The first-order valence-electron chi connectivity index (χ1n) is 7.76. The van der Waals surface area contributed by atoms with Crippen LogP contribution < -0.4 is 4.90 Å². The Morgan fingerprint density at radius 2 is 2.10 bits per heavy atom. The van der Waals surface area contributed by atoms with Crippen LogP contribution in [0.1, 0.15) is 55.5 Å². The zero-order valence-electron chi connectivity index (χ0n) is 12.8. The van der Waals surface area contributed by atoms with E-state index in [1.54, 1.807) is 18.2 Å². The van der Waals surface area contributed by atoms with Crippen LogP contribution >= 0.6 is 0 Å². The van der Waals surface area contributed by atoms with Gasteiger partial charge in [0.1, 0.15) is 0 Å². The lowest BCUT2D eigenvalue weighted by molar-refractivity contribution is -0.122. The molecule has 0 saturated carbocycles. The molecule has 1 N–H and O–H groups in total. The first-order chi connectivity index (χ1) is 10.1. The molecule has 1 aromatic rings. The van der Waals surface area contributed by atoms with Gasteiger partial charge in [-0.2, -0.15) is 0 Å². The molecular formula is C17H23NO3. The topological polar surface area (TPSA) is 57.6 Å². The Labute approximate surface area is 125 Å². The fourth-order valence-electron chi connectivity index (χ4n) is 2.94. The highest BCUT2D eigenvalue weighted by molar-refractivity contribution is 5.98. The van der Waals surface area contributed by atoms with Crippen molar-refractivity contribution in [2.75, 3.05) is 11.4 Å². The third-order valence-corrected chi connectivity index (χ3v) is 4.24. The highest BCUT2D eigenvalue weighted by Crippen LogP contribution is 2.31. The Bertz CT molecular complexity index is 539. The SMILES string of the molecule is CCCCC(CC)C(=O)N1CCc2cc(C(=O)O)ccc21. The maximum atomic E-state index is 12.7. The summed E-state index contributed by atoms with van der Waals surface area (Å²) in [5.41, 5.74) is 2.15. The molecule has 1 aliphatic rings. The number of aromatic carboxylic acids is 1. The van der Waals surface area contributed by atoms with Crippen molar-refractivity contribution in [1.82, 2.24) is 0 Å². The standard InChI is InChI=1S/C17H23NO3/c1-3-5-6-12(4-2)16(19)18-10-9-13-11-14(17(20)21)7-8-15(13)18/h7-8,11-12H,3-6,9-10H2,1-2H3,(H,20,21). The van der Waals surface area contributed by atoms with E-state index in [-0.39, 0.29) is 11.8 Å². The molecule has 1 amide bonds. The predicted molar refractivity (Wildman–Crippen MR) is 82.8 cm³/mol. The summed E-state index contributed by atoms with van der Waals surface area (Å²) in [5, 5.41) is 9.03. The number of hydrogen-bond donors (Lipinski definition) is 1. The van der Waals surface area contributed by atoms with Crippen LogP contribution in [-0.4, -0.2) is 23.5 Å². The molecular weight excluding hydrogens is 266 g/mol. The highest BCUT2D eigenvalue weighted by atomic mass is 16.4. The van der Waals surface area contributed by atoms with Crippen LogP contribution in [0.25, 0.3) is 0 Å². The lowest BCUT2D eigenvalue weighted by atomic mass is 9.97. The van der Waals surface area contributed by atoms with Gasteiger partial charge in [-0.1, -0.05) is 26.7 Å². The summed E-state index contributed by atoms with van der Waals surface area (Å²) in [6, 6.07) is 5.05. The van der Waals surface area contributed by atoms with Crippen LogP contribution in [0.15, 0.2) is 18.2 Å². The number of unbranched alkanes of at least 4 members (excludes halogenated alkanes) is 1. The zero-order chi connectivity index (χ0) is 15.4. The summed E-state index contributed by atoms with van der Waals surface area (Å²) in [5.74, 6) is -0.653. The molecule has 4 heteroatoms. The molecule has 0 fully saturated rings. The minimum Gasteiger partial charge on any atom is -0.478 e. The van der Waals surface area contributed by atoms with Crippen LogP contribution in [0.3, 0.4) is 0 Å². The second-order valence-electron chi connectivity index (χ2n) is 5.64. The van der Waals surface area contributed by atoms with E-state index in [9.17, 15) is 9.59 Å². The molecule has 1 heterocycles. The van der Waals surface area contributed by atoms with Gasteiger partial charge in [0.25, 0.3) is 0 Å². The van der Waals surface area contributed by atoms with E-state index in [2.05, 4.69) is 13.8 Å². The third-order valence-electron chi connectivity index (χ3n) is 4.24. The number of carbonyl (C=O) groups is 2. The lowest BCUT2D eigenvalue weighted by Gasteiger charge is -2.23. The molecule has 0 saturated heterocycles. The number of carboxylic acids is 1. The van der Waals surface area contributed by atoms with Gasteiger partial charge in [0.15, 0.2) is 0 Å². The van der Waals surface area contributed by atoms with Crippen molar-refractivity contribution in [2.45, 2.75) is 46.0 Å². The number of hydrogen-bond acceptors (Lipinski definition) is 2. The predicted octanol–water partition coefficient (Wildman–Crippen LogP) is 3.49. The lowest BCUT2D eigenvalue weighted by Crippen LogP contribution is -2.34. The second kappa shape index (κ2) is 6.74. The number of carbonyl (C=O) groups excluding carboxylic acids is 1.